The lowest BCUT2D eigenvalue weighted by Gasteiger charge is -2.52. The number of allylic oxidation sites excluding steroid dienone is 2. The van der Waals surface area contributed by atoms with Crippen LogP contribution in [0.4, 0.5) is 0 Å². The summed E-state index contributed by atoms with van der Waals surface area (Å²) in [4.78, 5) is 1.72. The zero-order chi connectivity index (χ0) is 15.9. The third-order valence-electron chi connectivity index (χ3n) is 4.93. The van der Waals surface area contributed by atoms with E-state index in [1.807, 2.05) is 11.8 Å². The molecule has 0 bridgehead atoms. The van der Waals surface area contributed by atoms with Gasteiger partial charge in [0.25, 0.3) is 0 Å². The minimum Gasteiger partial charge on any atom is -0.234 e. The number of thioether (sulfide) groups is 1. The maximum Gasteiger partial charge on any atom is 0.183 e. The van der Waals surface area contributed by atoms with Gasteiger partial charge >= 0.3 is 0 Å². The van der Waals surface area contributed by atoms with Crippen LogP contribution in [0.5, 0.6) is 0 Å². The number of nitrogens with zero attached hydrogens (tertiary/aromatic N) is 1. The first-order valence-corrected chi connectivity index (χ1v) is 16.1. The van der Waals surface area contributed by atoms with Crippen LogP contribution in [0.2, 0.25) is 44.3 Å². The molecule has 0 amide bonds. The molecule has 1 aliphatic carbocycles. The maximum absolute atomic E-state index is 2.64. The SMILES string of the molecule is CC[N+](CC)=C1C([Si](C)(C)C)=C(SC)C1(C)[Si](C)(C)C. The van der Waals surface area contributed by atoms with Crippen molar-refractivity contribution >= 4 is 33.6 Å². The average Bonchev–Trinajstić information content (AvgIpc) is 2.28. The third-order valence-corrected chi connectivity index (χ3v) is 11.8. The summed E-state index contributed by atoms with van der Waals surface area (Å²) in [7, 11) is -2.58. The molecule has 20 heavy (non-hydrogen) atoms. The van der Waals surface area contributed by atoms with Crippen molar-refractivity contribution in [2.24, 2.45) is 0 Å². The van der Waals surface area contributed by atoms with Gasteiger partial charge in [-0.1, -0.05) is 39.3 Å². The maximum atomic E-state index is 2.64. The molecule has 116 valence electrons. The molecule has 0 spiro atoms. The smallest absolute Gasteiger partial charge is 0.183 e. The molecule has 1 atom stereocenters. The van der Waals surface area contributed by atoms with Gasteiger partial charge in [-0.3, -0.25) is 0 Å². The van der Waals surface area contributed by atoms with Crippen LogP contribution in [0.25, 0.3) is 0 Å². The van der Waals surface area contributed by atoms with E-state index < -0.39 is 16.1 Å². The normalized spacial score (nSPS) is 24.0. The van der Waals surface area contributed by atoms with Gasteiger partial charge in [0.2, 0.25) is 0 Å². The van der Waals surface area contributed by atoms with Crippen LogP contribution in [-0.2, 0) is 0 Å². The van der Waals surface area contributed by atoms with Gasteiger partial charge < -0.3 is 0 Å². The number of hydrogen-bond acceptors (Lipinski definition) is 1. The van der Waals surface area contributed by atoms with Gasteiger partial charge in [-0.15, -0.1) is 11.8 Å². The molecule has 0 aliphatic heterocycles. The van der Waals surface area contributed by atoms with E-state index in [-0.39, 0.29) is 0 Å². The third kappa shape index (κ3) is 2.63. The molecule has 0 fully saturated rings. The molecule has 0 aromatic rings. The van der Waals surface area contributed by atoms with Gasteiger partial charge in [-0.2, -0.15) is 0 Å². The van der Waals surface area contributed by atoms with Gasteiger partial charge in [0.15, 0.2) is 5.71 Å². The summed E-state index contributed by atoms with van der Waals surface area (Å²) in [5.74, 6) is 0. The van der Waals surface area contributed by atoms with Crippen LogP contribution < -0.4 is 0 Å². The first-order chi connectivity index (χ1) is 8.96. The summed E-state index contributed by atoms with van der Waals surface area (Å²) >= 11 is 2.02. The summed E-state index contributed by atoms with van der Waals surface area (Å²) in [6.45, 7) is 24.5. The number of hydrogen-bond donors (Lipinski definition) is 0. The highest BCUT2D eigenvalue weighted by atomic mass is 32.2. The van der Waals surface area contributed by atoms with E-state index >= 15 is 0 Å². The van der Waals surface area contributed by atoms with Crippen LogP contribution in [-0.4, -0.2) is 45.8 Å². The van der Waals surface area contributed by atoms with E-state index in [4.69, 9.17) is 0 Å². The zero-order valence-electron chi connectivity index (χ0n) is 15.3. The number of rotatable bonds is 5. The molecule has 1 unspecified atom stereocenters. The predicted octanol–water partition coefficient (Wildman–Crippen LogP) is 5.09. The molecular weight excluding hydrogens is 294 g/mol. The molecule has 0 aromatic heterocycles. The Kier molecular flexibility index (Phi) is 5.26. The Labute approximate surface area is 133 Å². The summed E-state index contributed by atoms with van der Waals surface area (Å²) in [6, 6.07) is 0. The summed E-state index contributed by atoms with van der Waals surface area (Å²) in [5, 5.41) is 2.12. The fourth-order valence-corrected chi connectivity index (χ4v) is 10.7. The van der Waals surface area contributed by atoms with E-state index in [1.54, 1.807) is 15.8 Å². The second-order valence-corrected chi connectivity index (χ2v) is 19.4. The molecule has 0 saturated carbocycles. The zero-order valence-corrected chi connectivity index (χ0v) is 18.1. The Morgan fingerprint density at radius 1 is 1.00 bits per heavy atom. The second kappa shape index (κ2) is 5.77. The van der Waals surface area contributed by atoms with Gasteiger partial charge in [0.05, 0.1) is 21.2 Å². The monoisotopic (exact) mass is 328 g/mol. The van der Waals surface area contributed by atoms with Crippen molar-refractivity contribution in [2.45, 2.75) is 65.1 Å². The van der Waals surface area contributed by atoms with E-state index in [0.717, 1.165) is 13.1 Å². The largest absolute Gasteiger partial charge is 0.234 e. The first-order valence-electron chi connectivity index (χ1n) is 7.88. The molecule has 0 N–H and O–H groups in total. The molecule has 0 aromatic carbocycles. The molecule has 0 radical (unpaired) electrons. The van der Waals surface area contributed by atoms with Gasteiger partial charge in [0.1, 0.15) is 13.1 Å². The average molecular weight is 329 g/mol. The van der Waals surface area contributed by atoms with Gasteiger partial charge in [-0.25, -0.2) is 4.58 Å². The van der Waals surface area contributed by atoms with Crippen LogP contribution in [0.3, 0.4) is 0 Å². The van der Waals surface area contributed by atoms with Crippen molar-refractivity contribution < 1.29 is 4.58 Å². The van der Waals surface area contributed by atoms with Crippen LogP contribution in [0.1, 0.15) is 20.8 Å². The highest BCUT2D eigenvalue weighted by Gasteiger charge is 2.62. The van der Waals surface area contributed by atoms with Crippen molar-refractivity contribution in [1.29, 1.82) is 0 Å². The lowest BCUT2D eigenvalue weighted by atomic mass is 9.90. The minimum absolute atomic E-state index is 0.355. The van der Waals surface area contributed by atoms with Crippen LogP contribution >= 0.6 is 11.8 Å². The van der Waals surface area contributed by atoms with Crippen LogP contribution in [0, 0.1) is 0 Å². The molecule has 1 rings (SSSR count). The minimum atomic E-state index is -1.30. The molecule has 1 nitrogen and oxygen atoms in total. The van der Waals surface area contributed by atoms with Crippen molar-refractivity contribution in [1.82, 2.24) is 0 Å². The summed E-state index contributed by atoms with van der Waals surface area (Å²) in [5.41, 5.74) is 1.71. The lowest BCUT2D eigenvalue weighted by Crippen LogP contribution is -2.58. The topological polar surface area (TPSA) is 3.01 Å². The van der Waals surface area contributed by atoms with E-state index in [0.29, 0.717) is 5.04 Å². The molecule has 0 saturated heterocycles. The molecule has 4 heteroatoms. The molecule has 0 heterocycles. The van der Waals surface area contributed by atoms with E-state index in [2.05, 4.69) is 70.9 Å². The van der Waals surface area contributed by atoms with Crippen LogP contribution in [0.15, 0.2) is 10.1 Å². The Balaban J connectivity index is 3.70. The summed E-state index contributed by atoms with van der Waals surface area (Å²) in [6.07, 6.45) is 2.28. The van der Waals surface area contributed by atoms with Crippen molar-refractivity contribution in [3.05, 3.63) is 10.1 Å². The standard InChI is InChI=1S/C16H34NSSi2/c1-11-17(12-2)14-13(19(5,6)7)15(18-4)16(14,3)20(8,9)10/h11-12H2,1-10H3/q+1. The van der Waals surface area contributed by atoms with Crippen molar-refractivity contribution in [3.8, 4) is 0 Å². The second-order valence-electron chi connectivity index (χ2n) is 8.05. The Bertz CT molecular complexity index is 446. The van der Waals surface area contributed by atoms with Crippen molar-refractivity contribution in [3.63, 3.8) is 0 Å². The van der Waals surface area contributed by atoms with Gasteiger partial charge in [-0.05, 0) is 27.0 Å². The first kappa shape index (κ1) is 18.2. The Morgan fingerprint density at radius 3 is 1.70 bits per heavy atom. The summed E-state index contributed by atoms with van der Waals surface area (Å²) < 4.78 is 2.64. The quantitative estimate of drug-likeness (QED) is 0.502. The lowest BCUT2D eigenvalue weighted by molar-refractivity contribution is -0.522. The predicted molar refractivity (Wildman–Crippen MR) is 102 cm³/mol. The van der Waals surface area contributed by atoms with Gasteiger partial charge in [0, 0.05) is 10.1 Å². The fraction of sp³-hybridized carbons (Fsp3) is 0.812. The van der Waals surface area contributed by atoms with E-state index in [1.165, 1.54) is 0 Å². The van der Waals surface area contributed by atoms with E-state index in [9.17, 15) is 0 Å². The highest BCUT2D eigenvalue weighted by molar-refractivity contribution is 8.03. The van der Waals surface area contributed by atoms with Crippen molar-refractivity contribution in [2.75, 3.05) is 19.3 Å². The Morgan fingerprint density at radius 2 is 1.45 bits per heavy atom. The molecular formula is C16H34NSSi2+. The Hall–Kier alpha value is 0.194. The fourth-order valence-electron chi connectivity index (χ4n) is 3.36. The molecule has 1 aliphatic rings. The highest BCUT2D eigenvalue weighted by Crippen LogP contribution is 2.61.